The van der Waals surface area contributed by atoms with Crippen molar-refractivity contribution in [2.45, 2.75) is 32.6 Å². The highest BCUT2D eigenvalue weighted by Gasteiger charge is 2.32. The lowest BCUT2D eigenvalue weighted by Crippen LogP contribution is -2.38. The van der Waals surface area contributed by atoms with Gasteiger partial charge in [0.15, 0.2) is 0 Å². The highest BCUT2D eigenvalue weighted by Crippen LogP contribution is 2.39. The highest BCUT2D eigenvalue weighted by molar-refractivity contribution is 7.89. The van der Waals surface area contributed by atoms with Crippen LogP contribution in [0.1, 0.15) is 38.2 Å². The molecule has 1 heterocycles. The molecular formula is C22H25NO4S. The average Bonchev–Trinajstić information content (AvgIpc) is 2.68. The molecule has 5 nitrogen and oxygen atoms in total. The lowest BCUT2D eigenvalue weighted by molar-refractivity contribution is 0.338. The second-order valence-electron chi connectivity index (χ2n) is 7.23. The molecule has 0 radical (unpaired) electrons. The van der Waals surface area contributed by atoms with Crippen LogP contribution in [-0.4, -0.2) is 20.8 Å². The van der Waals surface area contributed by atoms with E-state index in [9.17, 15) is 8.42 Å². The predicted molar refractivity (Wildman–Crippen MR) is 110 cm³/mol. The average molecular weight is 400 g/mol. The molecule has 0 amide bonds. The van der Waals surface area contributed by atoms with Crippen LogP contribution in [0.25, 0.3) is 5.57 Å². The summed E-state index contributed by atoms with van der Waals surface area (Å²) < 4.78 is 38.3. The number of fused-ring (bicyclic) bond motifs is 1. The van der Waals surface area contributed by atoms with Crippen molar-refractivity contribution in [2.75, 3.05) is 12.4 Å². The van der Waals surface area contributed by atoms with E-state index in [0.29, 0.717) is 18.9 Å². The van der Waals surface area contributed by atoms with Gasteiger partial charge < -0.3 is 9.47 Å². The fourth-order valence-corrected chi connectivity index (χ4v) is 5.28. The molecule has 148 valence electrons. The Bertz CT molecular complexity index is 980. The summed E-state index contributed by atoms with van der Waals surface area (Å²) in [5.41, 5.74) is 3.07. The molecule has 0 aromatic heterocycles. The third kappa shape index (κ3) is 4.17. The monoisotopic (exact) mass is 399 g/mol. The smallest absolute Gasteiger partial charge is 0.232 e. The summed E-state index contributed by atoms with van der Waals surface area (Å²) in [6, 6.07) is 15.4. The zero-order valence-electron chi connectivity index (χ0n) is 16.0. The van der Waals surface area contributed by atoms with Crippen LogP contribution in [0.2, 0.25) is 0 Å². The summed E-state index contributed by atoms with van der Waals surface area (Å²) in [5, 5.41) is 0. The van der Waals surface area contributed by atoms with Gasteiger partial charge in [0, 0.05) is 17.7 Å². The fourth-order valence-electron chi connectivity index (χ4n) is 3.95. The summed E-state index contributed by atoms with van der Waals surface area (Å²) in [6.45, 7) is 2.56. The lowest BCUT2D eigenvalue weighted by Gasteiger charge is -2.33. The number of hydrogen-bond donors (Lipinski definition) is 1. The highest BCUT2D eigenvalue weighted by atomic mass is 32.2. The van der Waals surface area contributed by atoms with Crippen molar-refractivity contribution in [1.29, 1.82) is 0 Å². The van der Waals surface area contributed by atoms with Gasteiger partial charge in [0.2, 0.25) is 10.0 Å². The van der Waals surface area contributed by atoms with Crippen molar-refractivity contribution >= 4 is 15.6 Å². The van der Waals surface area contributed by atoms with Gasteiger partial charge in [-0.25, -0.2) is 8.42 Å². The Balaban J connectivity index is 1.56. The quantitative estimate of drug-likeness (QED) is 0.791. The zero-order chi connectivity index (χ0) is 19.6. The molecule has 2 aromatic rings. The maximum absolute atomic E-state index is 12.0. The Kier molecular flexibility index (Phi) is 5.31. The number of nitrogens with one attached hydrogen (secondary N) is 1. The van der Waals surface area contributed by atoms with Crippen LogP contribution in [-0.2, 0) is 10.0 Å². The maximum Gasteiger partial charge on any atom is 0.232 e. The molecule has 0 spiro atoms. The predicted octanol–water partition coefficient (Wildman–Crippen LogP) is 4.71. The lowest BCUT2D eigenvalue weighted by atomic mass is 9.83. The van der Waals surface area contributed by atoms with Crippen LogP contribution >= 0.6 is 0 Å². The summed E-state index contributed by atoms with van der Waals surface area (Å²) in [5.74, 6) is 2.78. The van der Waals surface area contributed by atoms with Crippen molar-refractivity contribution in [3.05, 3.63) is 59.8 Å². The topological polar surface area (TPSA) is 64.6 Å². The van der Waals surface area contributed by atoms with E-state index in [1.807, 2.05) is 55.5 Å². The normalized spacial score (nSPS) is 20.8. The second-order valence-corrected chi connectivity index (χ2v) is 9.07. The van der Waals surface area contributed by atoms with Gasteiger partial charge in [0.25, 0.3) is 0 Å². The Morgan fingerprint density at radius 1 is 1.04 bits per heavy atom. The minimum atomic E-state index is -3.20. The molecule has 4 rings (SSSR count). The van der Waals surface area contributed by atoms with Crippen LogP contribution in [0.15, 0.2) is 54.2 Å². The molecule has 28 heavy (non-hydrogen) atoms. The molecular weight excluding hydrogens is 374 g/mol. The molecule has 1 fully saturated rings. The molecule has 1 aliphatic carbocycles. The number of ether oxygens (including phenoxy) is 2. The molecule has 0 bridgehead atoms. The molecule has 1 aliphatic heterocycles. The van der Waals surface area contributed by atoms with E-state index in [4.69, 9.17) is 9.47 Å². The number of rotatable bonds is 5. The molecule has 1 saturated heterocycles. The fraction of sp³-hybridized carbons (Fsp3) is 0.364. The van der Waals surface area contributed by atoms with Crippen molar-refractivity contribution in [2.24, 2.45) is 5.92 Å². The zero-order valence-corrected chi connectivity index (χ0v) is 16.8. The van der Waals surface area contributed by atoms with Gasteiger partial charge in [-0.15, -0.1) is 0 Å². The summed E-state index contributed by atoms with van der Waals surface area (Å²) >= 11 is 0. The number of benzene rings is 2. The van der Waals surface area contributed by atoms with E-state index in [0.717, 1.165) is 53.3 Å². The number of allylic oxidation sites excluding steroid dienone is 2. The molecule has 2 aliphatic rings. The van der Waals surface area contributed by atoms with E-state index in [-0.39, 0.29) is 5.75 Å². The van der Waals surface area contributed by atoms with E-state index >= 15 is 0 Å². The van der Waals surface area contributed by atoms with Crippen LogP contribution in [0.3, 0.4) is 0 Å². The third-order valence-electron chi connectivity index (χ3n) is 5.27. The van der Waals surface area contributed by atoms with Crippen LogP contribution in [0.5, 0.6) is 17.2 Å². The van der Waals surface area contributed by atoms with Gasteiger partial charge in [-0.3, -0.25) is 4.72 Å². The maximum atomic E-state index is 12.0. The number of sulfonamides is 1. The minimum absolute atomic E-state index is 0.224. The SMILES string of the molecule is CCOc1cccc(Oc2ccc(C3=C4NS(=O)(=O)CCC4CCC3)cc2)c1. The first-order chi connectivity index (χ1) is 13.5. The van der Waals surface area contributed by atoms with Gasteiger partial charge in [0.05, 0.1) is 12.4 Å². The van der Waals surface area contributed by atoms with Crippen LogP contribution in [0, 0.1) is 5.92 Å². The van der Waals surface area contributed by atoms with Gasteiger partial charge in [0.1, 0.15) is 17.2 Å². The van der Waals surface area contributed by atoms with Crippen molar-refractivity contribution in [1.82, 2.24) is 4.72 Å². The van der Waals surface area contributed by atoms with E-state index in [1.165, 1.54) is 0 Å². The minimum Gasteiger partial charge on any atom is -0.494 e. The van der Waals surface area contributed by atoms with E-state index in [1.54, 1.807) is 0 Å². The van der Waals surface area contributed by atoms with E-state index in [2.05, 4.69) is 4.72 Å². The van der Waals surface area contributed by atoms with Crippen molar-refractivity contribution in [3.8, 4) is 17.2 Å². The van der Waals surface area contributed by atoms with Crippen molar-refractivity contribution < 1.29 is 17.9 Å². The summed E-state index contributed by atoms with van der Waals surface area (Å²) in [4.78, 5) is 0. The van der Waals surface area contributed by atoms with Gasteiger partial charge in [-0.05, 0) is 68.0 Å². The first-order valence-corrected chi connectivity index (χ1v) is 11.4. The molecule has 1 unspecified atom stereocenters. The first kappa shape index (κ1) is 18.9. The molecule has 1 atom stereocenters. The first-order valence-electron chi connectivity index (χ1n) is 9.79. The van der Waals surface area contributed by atoms with E-state index < -0.39 is 10.0 Å². The van der Waals surface area contributed by atoms with Gasteiger partial charge in [-0.2, -0.15) is 0 Å². The molecule has 6 heteroatoms. The second kappa shape index (κ2) is 7.87. The van der Waals surface area contributed by atoms with Crippen LogP contribution in [0.4, 0.5) is 0 Å². The summed E-state index contributed by atoms with van der Waals surface area (Å²) in [7, 11) is -3.20. The molecule has 2 aromatic carbocycles. The Labute approximate surface area is 166 Å². The van der Waals surface area contributed by atoms with Crippen molar-refractivity contribution in [3.63, 3.8) is 0 Å². The standard InChI is InChI=1S/C22H25NO4S/c1-2-26-19-6-4-7-20(15-19)27-18-11-9-16(10-12-18)21-8-3-5-17-13-14-28(24,25)23-22(17)21/h4,6-7,9-12,15,17,23H,2-3,5,8,13-14H2,1H3. The number of hydrogen-bond acceptors (Lipinski definition) is 4. The Morgan fingerprint density at radius 3 is 2.61 bits per heavy atom. The molecule has 0 saturated carbocycles. The van der Waals surface area contributed by atoms with Crippen LogP contribution < -0.4 is 14.2 Å². The third-order valence-corrected chi connectivity index (χ3v) is 6.57. The van der Waals surface area contributed by atoms with Gasteiger partial charge in [-0.1, -0.05) is 18.2 Å². The molecule has 1 N–H and O–H groups in total. The Hall–Kier alpha value is -2.47. The summed E-state index contributed by atoms with van der Waals surface area (Å²) in [6.07, 6.45) is 3.75. The largest absolute Gasteiger partial charge is 0.494 e. The van der Waals surface area contributed by atoms with Gasteiger partial charge >= 0.3 is 0 Å². The Morgan fingerprint density at radius 2 is 1.82 bits per heavy atom.